The van der Waals surface area contributed by atoms with Gasteiger partial charge < -0.3 is 14.8 Å². The fourth-order valence-electron chi connectivity index (χ4n) is 3.30. The number of aromatic nitrogens is 1. The standard InChI is InChI=1S/C14H21N3O/c1-10-5-6-12(16(10)2)14(18)17-7-3-4-11-8-15-9-13(11)17/h5-6,11,13,15H,3-4,7-9H2,1-2H3. The Labute approximate surface area is 108 Å². The van der Waals surface area contributed by atoms with Gasteiger partial charge in [0, 0.05) is 38.4 Å². The van der Waals surface area contributed by atoms with Crippen LogP contribution < -0.4 is 5.32 Å². The van der Waals surface area contributed by atoms with Gasteiger partial charge in [0.25, 0.3) is 5.91 Å². The van der Waals surface area contributed by atoms with Crippen LogP contribution in [0.25, 0.3) is 0 Å². The molecule has 1 N–H and O–H groups in total. The minimum Gasteiger partial charge on any atom is -0.344 e. The average molecular weight is 247 g/mol. The van der Waals surface area contributed by atoms with Crippen molar-refractivity contribution in [1.29, 1.82) is 0 Å². The minimum atomic E-state index is 0.198. The molecule has 1 aromatic rings. The Bertz CT molecular complexity index is 466. The van der Waals surface area contributed by atoms with Crippen LogP contribution in [0.1, 0.15) is 29.0 Å². The molecule has 2 atom stereocenters. The summed E-state index contributed by atoms with van der Waals surface area (Å²) >= 11 is 0. The first-order valence-corrected chi connectivity index (χ1v) is 6.82. The lowest BCUT2D eigenvalue weighted by molar-refractivity contribution is 0.0565. The Morgan fingerprint density at radius 3 is 2.94 bits per heavy atom. The zero-order chi connectivity index (χ0) is 12.7. The normalized spacial score (nSPS) is 27.3. The molecule has 0 radical (unpaired) electrons. The van der Waals surface area contributed by atoms with Crippen LogP contribution in [-0.2, 0) is 7.05 Å². The Morgan fingerprint density at radius 1 is 1.39 bits per heavy atom. The van der Waals surface area contributed by atoms with Crippen LogP contribution in [0, 0.1) is 12.8 Å². The molecule has 2 aliphatic rings. The summed E-state index contributed by atoms with van der Waals surface area (Å²) in [5.41, 5.74) is 1.96. The lowest BCUT2D eigenvalue weighted by Gasteiger charge is -2.37. The fraction of sp³-hybridized carbons (Fsp3) is 0.643. The number of nitrogens with zero attached hydrogens (tertiary/aromatic N) is 2. The molecule has 2 unspecified atom stereocenters. The van der Waals surface area contributed by atoms with E-state index in [0.717, 1.165) is 37.4 Å². The second-order valence-electron chi connectivity index (χ2n) is 5.55. The van der Waals surface area contributed by atoms with Crippen LogP contribution in [0.4, 0.5) is 0 Å². The number of aryl methyl sites for hydroxylation is 1. The molecule has 4 nitrogen and oxygen atoms in total. The van der Waals surface area contributed by atoms with Gasteiger partial charge in [0.2, 0.25) is 0 Å². The van der Waals surface area contributed by atoms with Crippen molar-refractivity contribution >= 4 is 5.91 Å². The predicted molar refractivity (Wildman–Crippen MR) is 70.6 cm³/mol. The van der Waals surface area contributed by atoms with E-state index in [1.807, 2.05) is 30.7 Å². The summed E-state index contributed by atoms with van der Waals surface area (Å²) in [6.45, 7) is 4.97. The second kappa shape index (κ2) is 4.43. The summed E-state index contributed by atoms with van der Waals surface area (Å²) in [4.78, 5) is 14.7. The van der Waals surface area contributed by atoms with Gasteiger partial charge in [0.05, 0.1) is 0 Å². The van der Waals surface area contributed by atoms with E-state index in [1.54, 1.807) is 0 Å². The molecule has 18 heavy (non-hydrogen) atoms. The summed E-state index contributed by atoms with van der Waals surface area (Å²) in [6.07, 6.45) is 2.39. The van der Waals surface area contributed by atoms with E-state index in [4.69, 9.17) is 0 Å². The largest absolute Gasteiger partial charge is 0.344 e. The molecular formula is C14H21N3O. The molecule has 2 aliphatic heterocycles. The van der Waals surface area contributed by atoms with Crippen LogP contribution in [0.2, 0.25) is 0 Å². The van der Waals surface area contributed by atoms with Gasteiger partial charge in [-0.15, -0.1) is 0 Å². The topological polar surface area (TPSA) is 37.3 Å². The van der Waals surface area contributed by atoms with Crippen molar-refractivity contribution in [3.63, 3.8) is 0 Å². The van der Waals surface area contributed by atoms with Gasteiger partial charge in [-0.2, -0.15) is 0 Å². The number of piperidine rings is 1. The third kappa shape index (κ3) is 1.75. The molecule has 1 amide bonds. The van der Waals surface area contributed by atoms with E-state index in [0.29, 0.717) is 12.0 Å². The van der Waals surface area contributed by atoms with Gasteiger partial charge in [0.1, 0.15) is 5.69 Å². The van der Waals surface area contributed by atoms with Gasteiger partial charge in [-0.3, -0.25) is 4.79 Å². The highest BCUT2D eigenvalue weighted by Crippen LogP contribution is 2.27. The fourth-order valence-corrected chi connectivity index (χ4v) is 3.30. The number of carbonyl (C=O) groups excluding carboxylic acids is 1. The molecule has 0 aliphatic carbocycles. The van der Waals surface area contributed by atoms with Crippen molar-refractivity contribution in [3.8, 4) is 0 Å². The van der Waals surface area contributed by atoms with Crippen molar-refractivity contribution < 1.29 is 4.79 Å². The van der Waals surface area contributed by atoms with E-state index in [2.05, 4.69) is 10.2 Å². The quantitative estimate of drug-likeness (QED) is 0.808. The van der Waals surface area contributed by atoms with E-state index in [1.165, 1.54) is 6.42 Å². The third-order valence-corrected chi connectivity index (χ3v) is 4.53. The molecule has 0 aromatic carbocycles. The third-order valence-electron chi connectivity index (χ3n) is 4.53. The summed E-state index contributed by atoms with van der Waals surface area (Å²) < 4.78 is 1.99. The van der Waals surface area contributed by atoms with Crippen molar-refractivity contribution in [1.82, 2.24) is 14.8 Å². The van der Waals surface area contributed by atoms with Gasteiger partial charge in [-0.05, 0) is 37.8 Å². The van der Waals surface area contributed by atoms with Crippen molar-refractivity contribution in [3.05, 3.63) is 23.5 Å². The van der Waals surface area contributed by atoms with Crippen molar-refractivity contribution in [2.45, 2.75) is 25.8 Å². The molecule has 0 saturated carbocycles. The maximum Gasteiger partial charge on any atom is 0.270 e. The minimum absolute atomic E-state index is 0.198. The molecule has 1 aromatic heterocycles. The van der Waals surface area contributed by atoms with Gasteiger partial charge in [-0.1, -0.05) is 0 Å². The number of hydrogen-bond donors (Lipinski definition) is 1. The molecule has 3 rings (SSSR count). The first kappa shape index (κ1) is 11.8. The summed E-state index contributed by atoms with van der Waals surface area (Å²) in [5.74, 6) is 0.855. The van der Waals surface area contributed by atoms with Gasteiger partial charge in [-0.25, -0.2) is 0 Å². The Balaban J connectivity index is 1.85. The van der Waals surface area contributed by atoms with Crippen LogP contribution >= 0.6 is 0 Å². The number of fused-ring (bicyclic) bond motifs is 1. The molecule has 2 saturated heterocycles. The second-order valence-corrected chi connectivity index (χ2v) is 5.55. The Morgan fingerprint density at radius 2 is 2.22 bits per heavy atom. The highest BCUT2D eigenvalue weighted by atomic mass is 16.2. The summed E-state index contributed by atoms with van der Waals surface area (Å²) in [7, 11) is 1.97. The molecule has 0 spiro atoms. The molecule has 0 bridgehead atoms. The Kier molecular flexibility index (Phi) is 2.90. The smallest absolute Gasteiger partial charge is 0.270 e. The van der Waals surface area contributed by atoms with Gasteiger partial charge >= 0.3 is 0 Å². The van der Waals surface area contributed by atoms with Crippen LogP contribution in [-0.4, -0.2) is 41.1 Å². The zero-order valence-electron chi connectivity index (χ0n) is 11.1. The van der Waals surface area contributed by atoms with E-state index in [9.17, 15) is 4.79 Å². The molecule has 4 heteroatoms. The first-order chi connectivity index (χ1) is 8.68. The molecule has 98 valence electrons. The Hall–Kier alpha value is -1.29. The number of hydrogen-bond acceptors (Lipinski definition) is 2. The molecule has 3 heterocycles. The first-order valence-electron chi connectivity index (χ1n) is 6.82. The van der Waals surface area contributed by atoms with Crippen LogP contribution in [0.15, 0.2) is 12.1 Å². The van der Waals surface area contributed by atoms with E-state index < -0.39 is 0 Å². The number of rotatable bonds is 1. The zero-order valence-corrected chi connectivity index (χ0v) is 11.1. The highest BCUT2D eigenvalue weighted by molar-refractivity contribution is 5.93. The van der Waals surface area contributed by atoms with E-state index >= 15 is 0 Å². The maximum absolute atomic E-state index is 12.7. The number of likely N-dealkylation sites (tertiary alicyclic amines) is 1. The van der Waals surface area contributed by atoms with Crippen molar-refractivity contribution in [2.24, 2.45) is 13.0 Å². The summed E-state index contributed by atoms with van der Waals surface area (Å²) in [6, 6.07) is 4.37. The van der Waals surface area contributed by atoms with Crippen molar-refractivity contribution in [2.75, 3.05) is 19.6 Å². The van der Waals surface area contributed by atoms with Crippen LogP contribution in [0.5, 0.6) is 0 Å². The number of carbonyl (C=O) groups is 1. The SMILES string of the molecule is Cc1ccc(C(=O)N2CCCC3CNCC32)n1C. The highest BCUT2D eigenvalue weighted by Gasteiger charge is 2.38. The monoisotopic (exact) mass is 247 g/mol. The van der Waals surface area contributed by atoms with Gasteiger partial charge in [0.15, 0.2) is 0 Å². The van der Waals surface area contributed by atoms with E-state index in [-0.39, 0.29) is 5.91 Å². The number of amides is 1. The maximum atomic E-state index is 12.7. The van der Waals surface area contributed by atoms with Crippen LogP contribution in [0.3, 0.4) is 0 Å². The summed E-state index contributed by atoms with van der Waals surface area (Å²) in [5, 5.41) is 3.42. The average Bonchev–Trinajstić information content (AvgIpc) is 2.96. The molecular weight excluding hydrogens is 226 g/mol. The number of nitrogens with one attached hydrogen (secondary N) is 1. The predicted octanol–water partition coefficient (Wildman–Crippen LogP) is 1.16. The lowest BCUT2D eigenvalue weighted by atomic mass is 9.92. The lowest BCUT2D eigenvalue weighted by Crippen LogP contribution is -2.48. The molecule has 2 fully saturated rings.